The number of rotatable bonds is 4. The van der Waals surface area contributed by atoms with Gasteiger partial charge in [-0.3, -0.25) is 5.32 Å². The Morgan fingerprint density at radius 1 is 1.65 bits per heavy atom. The molecule has 104 valence electrons. The zero-order valence-corrected chi connectivity index (χ0v) is 12.4. The van der Waals surface area contributed by atoms with E-state index in [0.29, 0.717) is 6.04 Å². The summed E-state index contributed by atoms with van der Waals surface area (Å²) in [6.07, 6.45) is 6.68. The summed E-state index contributed by atoms with van der Waals surface area (Å²) in [5, 5.41) is 14.9. The number of thiophene rings is 1. The largest absolute Gasteiger partial charge is 0.327 e. The smallest absolute Gasteiger partial charge is 0.150 e. The average molecular weight is 286 g/mol. The van der Waals surface area contributed by atoms with Crippen LogP contribution in [0.5, 0.6) is 0 Å². The van der Waals surface area contributed by atoms with E-state index in [1.807, 2.05) is 18.5 Å². The van der Waals surface area contributed by atoms with Gasteiger partial charge in [-0.15, -0.1) is 11.3 Å². The second kappa shape index (κ2) is 5.39. The van der Waals surface area contributed by atoms with Gasteiger partial charge in [0, 0.05) is 18.4 Å². The van der Waals surface area contributed by atoms with E-state index in [4.69, 9.17) is 0 Å². The first-order chi connectivity index (χ1) is 9.78. The monoisotopic (exact) mass is 286 g/mol. The molecule has 0 spiro atoms. The summed E-state index contributed by atoms with van der Waals surface area (Å²) in [7, 11) is 0. The van der Waals surface area contributed by atoms with Crippen LogP contribution in [0.4, 0.5) is 0 Å². The molecule has 1 fully saturated rings. The van der Waals surface area contributed by atoms with Crippen LogP contribution < -0.4 is 5.32 Å². The fourth-order valence-electron chi connectivity index (χ4n) is 3.10. The highest BCUT2D eigenvalue weighted by atomic mass is 32.1. The van der Waals surface area contributed by atoms with Gasteiger partial charge in [-0.25, -0.2) is 4.98 Å². The van der Waals surface area contributed by atoms with Gasteiger partial charge in [-0.1, -0.05) is 13.0 Å². The first kappa shape index (κ1) is 13.3. The second-order valence-corrected chi connectivity index (χ2v) is 6.20. The molecular formula is C15H18N4S. The Hall–Kier alpha value is -1.64. The van der Waals surface area contributed by atoms with Crippen LogP contribution in [0, 0.1) is 11.3 Å². The number of hydrogen-bond acceptors (Lipinski definition) is 4. The highest BCUT2D eigenvalue weighted by molar-refractivity contribution is 7.13. The first-order valence-electron chi connectivity index (χ1n) is 7.01. The van der Waals surface area contributed by atoms with Crippen molar-refractivity contribution in [2.75, 3.05) is 6.54 Å². The molecule has 2 heterocycles. The van der Waals surface area contributed by atoms with Crippen molar-refractivity contribution in [3.8, 4) is 16.8 Å². The van der Waals surface area contributed by atoms with E-state index in [1.54, 1.807) is 11.3 Å². The maximum Gasteiger partial charge on any atom is 0.150 e. The second-order valence-electron chi connectivity index (χ2n) is 5.26. The van der Waals surface area contributed by atoms with Crippen molar-refractivity contribution in [2.45, 2.75) is 37.8 Å². The number of nitrogens with one attached hydrogen (secondary N) is 1. The van der Waals surface area contributed by atoms with Crippen LogP contribution in [0.15, 0.2) is 29.9 Å². The third kappa shape index (κ3) is 2.26. The van der Waals surface area contributed by atoms with Crippen molar-refractivity contribution >= 4 is 11.3 Å². The molecule has 2 aromatic rings. The van der Waals surface area contributed by atoms with Crippen molar-refractivity contribution in [3.63, 3.8) is 0 Å². The van der Waals surface area contributed by atoms with Gasteiger partial charge in [0.1, 0.15) is 11.4 Å². The summed E-state index contributed by atoms with van der Waals surface area (Å²) in [5.41, 5.74) is -0.365. The predicted molar refractivity (Wildman–Crippen MR) is 80.4 cm³/mol. The number of imidazole rings is 1. The Kier molecular flexibility index (Phi) is 3.60. The summed E-state index contributed by atoms with van der Waals surface area (Å²) >= 11 is 1.71. The zero-order valence-electron chi connectivity index (χ0n) is 11.5. The molecule has 4 nitrogen and oxygen atoms in total. The van der Waals surface area contributed by atoms with Gasteiger partial charge in [0.2, 0.25) is 0 Å². The molecule has 2 aromatic heterocycles. The number of aromatic nitrogens is 2. The molecule has 1 N–H and O–H groups in total. The molecule has 1 aliphatic carbocycles. The average Bonchev–Trinajstić information content (AvgIpc) is 3.19. The Balaban J connectivity index is 1.86. The van der Waals surface area contributed by atoms with Gasteiger partial charge in [0.25, 0.3) is 0 Å². The Bertz CT molecular complexity index is 610. The van der Waals surface area contributed by atoms with E-state index in [9.17, 15) is 5.26 Å². The van der Waals surface area contributed by atoms with E-state index in [1.165, 1.54) is 4.88 Å². The van der Waals surface area contributed by atoms with Crippen molar-refractivity contribution in [3.05, 3.63) is 29.9 Å². The quantitative estimate of drug-likeness (QED) is 0.939. The van der Waals surface area contributed by atoms with Crippen LogP contribution >= 0.6 is 11.3 Å². The first-order valence-corrected chi connectivity index (χ1v) is 7.89. The lowest BCUT2D eigenvalue weighted by atomic mass is 9.99. The van der Waals surface area contributed by atoms with Crippen LogP contribution in [0.3, 0.4) is 0 Å². The van der Waals surface area contributed by atoms with E-state index >= 15 is 0 Å². The molecule has 20 heavy (non-hydrogen) atoms. The molecule has 0 radical (unpaired) electrons. The van der Waals surface area contributed by atoms with Gasteiger partial charge in [0.15, 0.2) is 0 Å². The van der Waals surface area contributed by atoms with Crippen LogP contribution in [0.2, 0.25) is 0 Å². The van der Waals surface area contributed by atoms with E-state index in [0.717, 1.165) is 31.6 Å². The van der Waals surface area contributed by atoms with Crippen LogP contribution in [-0.2, 0) is 0 Å². The van der Waals surface area contributed by atoms with Crippen molar-refractivity contribution in [1.29, 1.82) is 5.26 Å². The zero-order chi connectivity index (χ0) is 14.0. The minimum atomic E-state index is -0.365. The third-order valence-corrected chi connectivity index (χ3v) is 4.89. The van der Waals surface area contributed by atoms with Crippen LogP contribution in [-0.4, -0.2) is 21.6 Å². The topological polar surface area (TPSA) is 53.6 Å². The summed E-state index contributed by atoms with van der Waals surface area (Å²) in [4.78, 5) is 5.68. The molecule has 0 saturated heterocycles. The van der Waals surface area contributed by atoms with Gasteiger partial charge in [-0.2, -0.15) is 5.26 Å². The molecule has 0 aromatic carbocycles. The Labute approximate surface area is 123 Å². The predicted octanol–water partition coefficient (Wildman–Crippen LogP) is 3.21. The van der Waals surface area contributed by atoms with E-state index < -0.39 is 0 Å². The van der Waals surface area contributed by atoms with Crippen molar-refractivity contribution in [2.24, 2.45) is 0 Å². The molecule has 1 aliphatic rings. The molecule has 3 rings (SSSR count). The molecule has 0 amide bonds. The molecular weight excluding hydrogens is 268 g/mol. The van der Waals surface area contributed by atoms with Crippen molar-refractivity contribution < 1.29 is 0 Å². The molecule has 0 bridgehead atoms. The minimum Gasteiger partial charge on any atom is -0.327 e. The summed E-state index contributed by atoms with van der Waals surface area (Å²) < 4.78 is 2.24. The van der Waals surface area contributed by atoms with Crippen molar-refractivity contribution in [1.82, 2.24) is 14.9 Å². The maximum absolute atomic E-state index is 9.48. The maximum atomic E-state index is 9.48. The van der Waals surface area contributed by atoms with Crippen LogP contribution in [0.1, 0.15) is 32.2 Å². The summed E-state index contributed by atoms with van der Waals surface area (Å²) in [5.74, 6) is 1.02. The van der Waals surface area contributed by atoms with Gasteiger partial charge in [-0.05, 0) is 37.3 Å². The molecule has 2 unspecified atom stereocenters. The van der Waals surface area contributed by atoms with Gasteiger partial charge >= 0.3 is 0 Å². The Morgan fingerprint density at radius 3 is 3.25 bits per heavy atom. The third-order valence-electron chi connectivity index (χ3n) is 4.02. The molecule has 2 atom stereocenters. The van der Waals surface area contributed by atoms with E-state index in [-0.39, 0.29) is 5.54 Å². The number of nitrogens with zero attached hydrogens (tertiary/aromatic N) is 3. The van der Waals surface area contributed by atoms with Gasteiger partial charge < -0.3 is 4.57 Å². The fourth-order valence-corrected chi connectivity index (χ4v) is 3.83. The molecule has 1 saturated carbocycles. The SMILES string of the molecule is CCNC1(C#N)CCC(n2ccnc2-c2cccs2)C1. The minimum absolute atomic E-state index is 0.355. The lowest BCUT2D eigenvalue weighted by Crippen LogP contribution is -2.41. The normalized spacial score (nSPS) is 25.7. The fraction of sp³-hybridized carbons (Fsp3) is 0.467. The lowest BCUT2D eigenvalue weighted by molar-refractivity contribution is 0.410. The summed E-state index contributed by atoms with van der Waals surface area (Å²) in [6, 6.07) is 6.98. The standard InChI is InChI=1S/C15H18N4S/c1-2-18-15(11-16)6-5-12(10-15)19-8-7-17-14(19)13-4-3-9-20-13/h3-4,7-9,12,18H,2,5-6,10H2,1H3. The molecule has 0 aliphatic heterocycles. The van der Waals surface area contributed by atoms with E-state index in [2.05, 4.69) is 39.3 Å². The number of nitriles is 1. The van der Waals surface area contributed by atoms with Gasteiger partial charge in [0.05, 0.1) is 10.9 Å². The summed E-state index contributed by atoms with van der Waals surface area (Å²) in [6.45, 7) is 2.89. The highest BCUT2D eigenvalue weighted by Crippen LogP contribution is 2.39. The highest BCUT2D eigenvalue weighted by Gasteiger charge is 2.40. The van der Waals surface area contributed by atoms with Crippen LogP contribution in [0.25, 0.3) is 10.7 Å². The Morgan fingerprint density at radius 2 is 2.55 bits per heavy atom. The number of hydrogen-bond donors (Lipinski definition) is 1. The molecule has 5 heteroatoms. The lowest BCUT2D eigenvalue weighted by Gasteiger charge is -2.22.